The summed E-state index contributed by atoms with van der Waals surface area (Å²) in [5.41, 5.74) is 1.72. The number of primary sulfonamides is 1. The maximum absolute atomic E-state index is 11.9. The minimum absolute atomic E-state index is 0.176. The van der Waals surface area contributed by atoms with Crippen molar-refractivity contribution in [3.05, 3.63) is 41.9 Å². The van der Waals surface area contributed by atoms with E-state index in [9.17, 15) is 8.42 Å². The molecular formula is C20H29N5O2S. The third-order valence-electron chi connectivity index (χ3n) is 4.97. The molecule has 1 aliphatic heterocycles. The van der Waals surface area contributed by atoms with Crippen molar-refractivity contribution in [1.82, 2.24) is 9.97 Å². The number of benzene rings is 1. The van der Waals surface area contributed by atoms with E-state index in [1.165, 1.54) is 0 Å². The number of piperazine rings is 1. The first kappa shape index (κ1) is 20.5. The Morgan fingerprint density at radius 2 is 1.54 bits per heavy atom. The SMILES string of the molecule is CC(C)c1cc(N2CCN(c3ccccc3S(N)(=O)=O)CC2)nc(C(C)C)n1. The van der Waals surface area contributed by atoms with E-state index in [0.717, 1.165) is 30.4 Å². The molecule has 0 amide bonds. The predicted molar refractivity (Wildman–Crippen MR) is 112 cm³/mol. The molecule has 0 aliphatic carbocycles. The second kappa shape index (κ2) is 8.05. The van der Waals surface area contributed by atoms with Gasteiger partial charge in [-0.25, -0.2) is 23.5 Å². The highest BCUT2D eigenvalue weighted by Crippen LogP contribution is 2.27. The lowest BCUT2D eigenvalue weighted by Crippen LogP contribution is -2.47. The summed E-state index contributed by atoms with van der Waals surface area (Å²) in [5, 5.41) is 5.39. The largest absolute Gasteiger partial charge is 0.367 e. The van der Waals surface area contributed by atoms with Gasteiger partial charge >= 0.3 is 0 Å². The van der Waals surface area contributed by atoms with Crippen molar-refractivity contribution in [2.45, 2.75) is 44.4 Å². The minimum Gasteiger partial charge on any atom is -0.367 e. The molecule has 7 nitrogen and oxygen atoms in total. The van der Waals surface area contributed by atoms with E-state index in [0.29, 0.717) is 24.7 Å². The summed E-state index contributed by atoms with van der Waals surface area (Å²) in [7, 11) is -3.75. The average Bonchev–Trinajstić information content (AvgIpc) is 2.67. The van der Waals surface area contributed by atoms with E-state index in [2.05, 4.69) is 43.6 Å². The topological polar surface area (TPSA) is 92.4 Å². The van der Waals surface area contributed by atoms with Crippen molar-refractivity contribution in [1.29, 1.82) is 0 Å². The van der Waals surface area contributed by atoms with Crippen LogP contribution in [0.1, 0.15) is 51.0 Å². The molecule has 0 radical (unpaired) electrons. The van der Waals surface area contributed by atoms with Gasteiger partial charge in [-0.15, -0.1) is 0 Å². The quantitative estimate of drug-likeness (QED) is 0.825. The number of nitrogens with two attached hydrogens (primary N) is 1. The van der Waals surface area contributed by atoms with Gasteiger partial charge in [0, 0.05) is 43.9 Å². The minimum atomic E-state index is -3.75. The normalized spacial score (nSPS) is 15.5. The molecule has 2 heterocycles. The molecule has 2 aromatic rings. The van der Waals surface area contributed by atoms with Gasteiger partial charge < -0.3 is 9.80 Å². The summed E-state index contributed by atoms with van der Waals surface area (Å²) in [6.45, 7) is 11.4. The second-order valence-electron chi connectivity index (χ2n) is 7.81. The number of rotatable bonds is 5. The van der Waals surface area contributed by atoms with E-state index in [1.807, 2.05) is 12.1 Å². The smallest absolute Gasteiger partial charge is 0.240 e. The molecule has 0 spiro atoms. The van der Waals surface area contributed by atoms with Crippen molar-refractivity contribution in [2.75, 3.05) is 36.0 Å². The fraction of sp³-hybridized carbons (Fsp3) is 0.500. The Labute approximate surface area is 167 Å². The molecule has 28 heavy (non-hydrogen) atoms. The summed E-state index contributed by atoms with van der Waals surface area (Å²) in [6, 6.07) is 8.98. The van der Waals surface area contributed by atoms with Crippen LogP contribution >= 0.6 is 0 Å². The molecule has 0 saturated carbocycles. The van der Waals surface area contributed by atoms with Crippen LogP contribution in [0.15, 0.2) is 35.2 Å². The molecule has 152 valence electrons. The van der Waals surface area contributed by atoms with Crippen molar-refractivity contribution in [3.8, 4) is 0 Å². The van der Waals surface area contributed by atoms with Crippen LogP contribution in [0.3, 0.4) is 0 Å². The fourth-order valence-corrected chi connectivity index (χ4v) is 4.08. The van der Waals surface area contributed by atoms with Gasteiger partial charge in [-0.05, 0) is 18.1 Å². The third-order valence-corrected chi connectivity index (χ3v) is 5.93. The Bertz CT molecular complexity index is 909. The number of anilines is 2. The lowest BCUT2D eigenvalue weighted by atomic mass is 10.1. The Kier molecular flexibility index (Phi) is 5.90. The highest BCUT2D eigenvalue weighted by molar-refractivity contribution is 7.89. The molecule has 0 unspecified atom stereocenters. The Morgan fingerprint density at radius 3 is 2.11 bits per heavy atom. The lowest BCUT2D eigenvalue weighted by molar-refractivity contribution is 0.595. The number of hydrogen-bond donors (Lipinski definition) is 1. The van der Waals surface area contributed by atoms with Gasteiger partial charge in [0.15, 0.2) is 0 Å². The van der Waals surface area contributed by atoms with E-state index >= 15 is 0 Å². The van der Waals surface area contributed by atoms with Crippen LogP contribution in [-0.2, 0) is 10.0 Å². The molecule has 1 aliphatic rings. The van der Waals surface area contributed by atoms with Gasteiger partial charge in [-0.2, -0.15) is 0 Å². The summed E-state index contributed by atoms with van der Waals surface area (Å²) in [4.78, 5) is 14.0. The van der Waals surface area contributed by atoms with Crippen molar-refractivity contribution in [2.24, 2.45) is 5.14 Å². The molecule has 1 saturated heterocycles. The zero-order chi connectivity index (χ0) is 20.5. The van der Waals surface area contributed by atoms with E-state index in [-0.39, 0.29) is 10.8 Å². The first-order chi connectivity index (χ1) is 13.2. The van der Waals surface area contributed by atoms with Crippen molar-refractivity contribution >= 4 is 21.5 Å². The monoisotopic (exact) mass is 403 g/mol. The number of para-hydroxylation sites is 1. The van der Waals surface area contributed by atoms with Gasteiger partial charge in [-0.3, -0.25) is 0 Å². The van der Waals surface area contributed by atoms with Crippen LogP contribution in [0.25, 0.3) is 0 Å². The predicted octanol–water partition coefficient (Wildman–Crippen LogP) is 2.70. The van der Waals surface area contributed by atoms with Gasteiger partial charge in [0.1, 0.15) is 16.5 Å². The molecule has 1 aromatic heterocycles. The van der Waals surface area contributed by atoms with E-state index in [4.69, 9.17) is 15.1 Å². The number of nitrogens with zero attached hydrogens (tertiary/aromatic N) is 4. The maximum atomic E-state index is 11.9. The van der Waals surface area contributed by atoms with Crippen LogP contribution in [0, 0.1) is 0 Å². The van der Waals surface area contributed by atoms with Gasteiger partial charge in [-0.1, -0.05) is 39.8 Å². The summed E-state index contributed by atoms with van der Waals surface area (Å²) < 4.78 is 23.8. The van der Waals surface area contributed by atoms with Crippen LogP contribution in [0.4, 0.5) is 11.5 Å². The summed E-state index contributed by atoms with van der Waals surface area (Å²) >= 11 is 0. The van der Waals surface area contributed by atoms with Crippen molar-refractivity contribution in [3.63, 3.8) is 0 Å². The molecule has 1 aromatic carbocycles. The molecule has 2 N–H and O–H groups in total. The highest BCUT2D eigenvalue weighted by Gasteiger charge is 2.24. The zero-order valence-electron chi connectivity index (χ0n) is 17.0. The third kappa shape index (κ3) is 4.44. The Hall–Kier alpha value is -2.19. The summed E-state index contributed by atoms with van der Waals surface area (Å²) in [6.07, 6.45) is 0. The molecule has 3 rings (SSSR count). The fourth-order valence-electron chi connectivity index (χ4n) is 3.32. The number of aromatic nitrogens is 2. The van der Waals surface area contributed by atoms with Crippen LogP contribution in [0.5, 0.6) is 0 Å². The van der Waals surface area contributed by atoms with Crippen molar-refractivity contribution < 1.29 is 8.42 Å². The van der Waals surface area contributed by atoms with E-state index in [1.54, 1.807) is 12.1 Å². The number of hydrogen-bond acceptors (Lipinski definition) is 6. The Balaban J connectivity index is 1.82. The van der Waals surface area contributed by atoms with Crippen LogP contribution in [0.2, 0.25) is 0 Å². The molecular weight excluding hydrogens is 374 g/mol. The molecule has 0 atom stereocenters. The highest BCUT2D eigenvalue weighted by atomic mass is 32.2. The zero-order valence-corrected chi connectivity index (χ0v) is 17.8. The Morgan fingerprint density at radius 1 is 0.929 bits per heavy atom. The van der Waals surface area contributed by atoms with Gasteiger partial charge in [0.25, 0.3) is 0 Å². The van der Waals surface area contributed by atoms with Crippen LogP contribution in [-0.4, -0.2) is 44.6 Å². The number of sulfonamides is 1. The molecule has 0 bridgehead atoms. The molecule has 8 heteroatoms. The van der Waals surface area contributed by atoms with Crippen LogP contribution < -0.4 is 14.9 Å². The average molecular weight is 404 g/mol. The first-order valence-corrected chi connectivity index (χ1v) is 11.2. The second-order valence-corrected chi connectivity index (χ2v) is 9.34. The first-order valence-electron chi connectivity index (χ1n) is 9.67. The summed E-state index contributed by atoms with van der Waals surface area (Å²) in [5.74, 6) is 2.41. The lowest BCUT2D eigenvalue weighted by Gasteiger charge is -2.37. The molecule has 1 fully saturated rings. The maximum Gasteiger partial charge on any atom is 0.240 e. The standard InChI is InChI=1S/C20H29N5O2S/c1-14(2)16-13-19(23-20(22-16)15(3)4)25-11-9-24(10-12-25)17-7-5-6-8-18(17)28(21,26)27/h5-8,13-15H,9-12H2,1-4H3,(H2,21,26,27). The van der Waals surface area contributed by atoms with E-state index < -0.39 is 10.0 Å². The van der Waals surface area contributed by atoms with Gasteiger partial charge in [0.05, 0.1) is 5.69 Å². The van der Waals surface area contributed by atoms with Gasteiger partial charge in [0.2, 0.25) is 10.0 Å².